The Morgan fingerprint density at radius 1 is 1.35 bits per heavy atom. The average molecular weight is 378 g/mol. The van der Waals surface area contributed by atoms with Gasteiger partial charge in [0.05, 0.1) is 5.75 Å². The summed E-state index contributed by atoms with van der Waals surface area (Å²) in [7, 11) is 0. The quantitative estimate of drug-likeness (QED) is 0.564. The van der Waals surface area contributed by atoms with Crippen LogP contribution in [0.1, 0.15) is 26.6 Å². The van der Waals surface area contributed by atoms with Crippen molar-refractivity contribution in [1.82, 2.24) is 20.1 Å². The second-order valence-electron chi connectivity index (χ2n) is 6.63. The lowest BCUT2D eigenvalue weighted by Gasteiger charge is -2.20. The van der Waals surface area contributed by atoms with Crippen molar-refractivity contribution < 1.29 is 13.9 Å². The van der Waals surface area contributed by atoms with Crippen molar-refractivity contribution in [2.24, 2.45) is 0 Å². The van der Waals surface area contributed by atoms with E-state index in [4.69, 9.17) is 4.74 Å². The number of carbonyl (C=O) groups is 1. The fourth-order valence-electron chi connectivity index (χ4n) is 2.11. The number of aromatic nitrogens is 3. The highest BCUT2D eigenvalue weighted by atomic mass is 32.2. The summed E-state index contributed by atoms with van der Waals surface area (Å²) in [5.74, 6) is 0.996. The number of rotatable bonds is 8. The summed E-state index contributed by atoms with van der Waals surface area (Å²) in [6.45, 7) is 10.2. The second kappa shape index (κ2) is 8.84. The molecule has 0 aliphatic heterocycles. The Bertz CT molecular complexity index is 754. The molecule has 1 N–H and O–H groups in total. The number of hydrogen-bond donors (Lipinski definition) is 1. The Morgan fingerprint density at radius 3 is 2.65 bits per heavy atom. The normalized spacial score (nSPS) is 11.2. The minimum atomic E-state index is -0.320. The Labute approximate surface area is 156 Å². The zero-order valence-electron chi connectivity index (χ0n) is 15.2. The maximum Gasteiger partial charge on any atom is 0.230 e. The van der Waals surface area contributed by atoms with Crippen molar-refractivity contribution in [2.75, 3.05) is 5.75 Å². The summed E-state index contributed by atoms with van der Waals surface area (Å²) >= 11 is 1.30. The maximum atomic E-state index is 12.9. The monoisotopic (exact) mass is 378 g/mol. The van der Waals surface area contributed by atoms with E-state index in [1.165, 1.54) is 23.9 Å². The molecule has 1 amide bonds. The molecule has 0 fully saturated rings. The predicted octanol–water partition coefficient (Wildman–Crippen LogP) is 3.19. The molecule has 0 unspecified atom stereocenters. The van der Waals surface area contributed by atoms with Crippen LogP contribution >= 0.6 is 11.8 Å². The van der Waals surface area contributed by atoms with E-state index < -0.39 is 0 Å². The van der Waals surface area contributed by atoms with Gasteiger partial charge in [-0.15, -0.1) is 16.8 Å². The van der Waals surface area contributed by atoms with E-state index in [-0.39, 0.29) is 29.6 Å². The molecule has 6 nitrogen and oxygen atoms in total. The second-order valence-corrected chi connectivity index (χ2v) is 7.57. The van der Waals surface area contributed by atoms with E-state index in [2.05, 4.69) is 22.1 Å². The summed E-state index contributed by atoms with van der Waals surface area (Å²) in [6.07, 6.45) is 1.73. The van der Waals surface area contributed by atoms with E-state index in [9.17, 15) is 9.18 Å². The summed E-state index contributed by atoms with van der Waals surface area (Å²) in [6, 6.07) is 5.77. The fraction of sp³-hybridized carbons (Fsp3) is 0.389. The number of nitrogens with zero attached hydrogens (tertiary/aromatic N) is 3. The first-order valence-corrected chi connectivity index (χ1v) is 9.12. The van der Waals surface area contributed by atoms with Crippen molar-refractivity contribution in [2.45, 2.75) is 44.6 Å². The molecular weight excluding hydrogens is 355 g/mol. The molecule has 2 aromatic rings. The molecule has 2 rings (SSSR count). The highest BCUT2D eigenvalue weighted by molar-refractivity contribution is 7.99. The van der Waals surface area contributed by atoms with Crippen LogP contribution in [0.4, 0.5) is 4.39 Å². The summed E-state index contributed by atoms with van der Waals surface area (Å²) in [5, 5.41) is 11.8. The number of benzene rings is 1. The molecule has 1 aromatic heterocycles. The van der Waals surface area contributed by atoms with Crippen molar-refractivity contribution in [3.63, 3.8) is 0 Å². The summed E-state index contributed by atoms with van der Waals surface area (Å²) < 4.78 is 20.4. The smallest absolute Gasteiger partial charge is 0.230 e. The third-order valence-electron chi connectivity index (χ3n) is 3.13. The van der Waals surface area contributed by atoms with Crippen LogP contribution in [0, 0.1) is 5.82 Å². The third kappa shape index (κ3) is 6.18. The molecule has 0 aliphatic carbocycles. The summed E-state index contributed by atoms with van der Waals surface area (Å²) in [5.41, 5.74) is -0.277. The van der Waals surface area contributed by atoms with Crippen LogP contribution in [-0.4, -0.2) is 32.0 Å². The van der Waals surface area contributed by atoms with E-state index >= 15 is 0 Å². The van der Waals surface area contributed by atoms with Gasteiger partial charge < -0.3 is 10.1 Å². The van der Waals surface area contributed by atoms with Gasteiger partial charge in [0.1, 0.15) is 18.2 Å². The van der Waals surface area contributed by atoms with Gasteiger partial charge >= 0.3 is 0 Å². The molecule has 0 spiro atoms. The number of halogens is 1. The summed E-state index contributed by atoms with van der Waals surface area (Å²) in [4.78, 5) is 12.0. The molecule has 140 valence electrons. The maximum absolute atomic E-state index is 12.9. The zero-order chi connectivity index (χ0) is 19.2. The van der Waals surface area contributed by atoms with Crippen LogP contribution in [0.25, 0.3) is 0 Å². The number of hydrogen-bond acceptors (Lipinski definition) is 5. The first-order chi connectivity index (χ1) is 12.3. The van der Waals surface area contributed by atoms with Crippen LogP contribution in [0.2, 0.25) is 0 Å². The van der Waals surface area contributed by atoms with Gasteiger partial charge in [-0.25, -0.2) is 4.39 Å². The number of carbonyl (C=O) groups excluding carboxylic acids is 1. The topological polar surface area (TPSA) is 69.0 Å². The SMILES string of the molecule is C=CCn1c(COc2ccc(F)cc2)nnc1SCC(=O)NC(C)(C)C. The molecule has 8 heteroatoms. The van der Waals surface area contributed by atoms with Crippen molar-refractivity contribution in [3.8, 4) is 5.75 Å². The fourth-order valence-corrected chi connectivity index (χ4v) is 2.87. The van der Waals surface area contributed by atoms with Gasteiger partial charge in [-0.05, 0) is 45.0 Å². The molecule has 26 heavy (non-hydrogen) atoms. The van der Waals surface area contributed by atoms with Gasteiger partial charge in [0, 0.05) is 12.1 Å². The number of nitrogens with one attached hydrogen (secondary N) is 1. The molecule has 0 bridgehead atoms. The Balaban J connectivity index is 2.01. The highest BCUT2D eigenvalue weighted by Crippen LogP contribution is 2.19. The molecule has 0 radical (unpaired) electrons. The van der Waals surface area contributed by atoms with E-state index in [1.807, 2.05) is 25.3 Å². The number of allylic oxidation sites excluding steroid dienone is 1. The molecule has 0 saturated heterocycles. The van der Waals surface area contributed by atoms with Gasteiger partial charge in [0.25, 0.3) is 0 Å². The minimum Gasteiger partial charge on any atom is -0.486 e. The first kappa shape index (κ1) is 20.0. The Morgan fingerprint density at radius 2 is 2.04 bits per heavy atom. The average Bonchev–Trinajstić information content (AvgIpc) is 2.93. The molecule has 0 aliphatic rings. The van der Waals surface area contributed by atoms with E-state index in [0.717, 1.165) is 0 Å². The third-order valence-corrected chi connectivity index (χ3v) is 4.10. The molecule has 0 saturated carbocycles. The van der Waals surface area contributed by atoms with Gasteiger partial charge in [-0.3, -0.25) is 9.36 Å². The van der Waals surface area contributed by atoms with Crippen molar-refractivity contribution in [1.29, 1.82) is 0 Å². The molecule has 1 heterocycles. The molecule has 0 atom stereocenters. The molecular formula is C18H23FN4O2S. The van der Waals surface area contributed by atoms with Crippen LogP contribution in [0.5, 0.6) is 5.75 Å². The number of amides is 1. The van der Waals surface area contributed by atoms with Crippen LogP contribution in [-0.2, 0) is 17.9 Å². The standard InChI is InChI=1S/C18H23FN4O2S/c1-5-10-23-15(11-25-14-8-6-13(19)7-9-14)21-22-17(23)26-12-16(24)20-18(2,3)4/h5-9H,1,10-12H2,2-4H3,(H,20,24). The van der Waals surface area contributed by atoms with E-state index in [0.29, 0.717) is 23.3 Å². The van der Waals surface area contributed by atoms with Crippen molar-refractivity contribution in [3.05, 3.63) is 48.6 Å². The Hall–Kier alpha value is -2.35. The van der Waals surface area contributed by atoms with Gasteiger partial charge in [-0.1, -0.05) is 17.8 Å². The van der Waals surface area contributed by atoms with Crippen LogP contribution in [0.15, 0.2) is 42.1 Å². The number of thioether (sulfide) groups is 1. The van der Waals surface area contributed by atoms with Gasteiger partial charge in [0.2, 0.25) is 5.91 Å². The highest BCUT2D eigenvalue weighted by Gasteiger charge is 2.17. The largest absolute Gasteiger partial charge is 0.486 e. The van der Waals surface area contributed by atoms with Crippen molar-refractivity contribution >= 4 is 17.7 Å². The van der Waals surface area contributed by atoms with E-state index in [1.54, 1.807) is 18.2 Å². The Kier molecular flexibility index (Phi) is 6.79. The lowest BCUT2D eigenvalue weighted by atomic mass is 10.1. The van der Waals surface area contributed by atoms with Crippen LogP contribution in [0.3, 0.4) is 0 Å². The lowest BCUT2D eigenvalue weighted by molar-refractivity contribution is -0.119. The first-order valence-electron chi connectivity index (χ1n) is 8.13. The van der Waals surface area contributed by atoms with Gasteiger partial charge in [0.15, 0.2) is 11.0 Å². The zero-order valence-corrected chi connectivity index (χ0v) is 16.0. The predicted molar refractivity (Wildman–Crippen MR) is 99.6 cm³/mol. The van der Waals surface area contributed by atoms with Crippen LogP contribution < -0.4 is 10.1 Å². The number of ether oxygens (including phenoxy) is 1. The minimum absolute atomic E-state index is 0.0697. The molecule has 1 aromatic carbocycles. The lowest BCUT2D eigenvalue weighted by Crippen LogP contribution is -2.41. The van der Waals surface area contributed by atoms with Gasteiger partial charge in [-0.2, -0.15) is 0 Å².